The lowest BCUT2D eigenvalue weighted by Gasteiger charge is -2.28. The smallest absolute Gasteiger partial charge is 0.324 e. The maximum atomic E-state index is 12.5. The molecule has 0 saturated carbocycles. The lowest BCUT2D eigenvalue weighted by molar-refractivity contribution is 0.208. The van der Waals surface area contributed by atoms with Crippen molar-refractivity contribution in [1.82, 2.24) is 4.90 Å². The minimum atomic E-state index is 0.131. The minimum Gasteiger partial charge on any atom is -0.324 e. The lowest BCUT2D eigenvalue weighted by atomic mass is 10.2. The topological polar surface area (TPSA) is 23.6 Å². The second-order valence-corrected chi connectivity index (χ2v) is 5.03. The Morgan fingerprint density at radius 3 is 2.33 bits per heavy atom. The Hall–Kier alpha value is -1.51. The van der Waals surface area contributed by atoms with Crippen molar-refractivity contribution in [2.45, 2.75) is 32.6 Å². The Morgan fingerprint density at radius 1 is 1.11 bits per heavy atom. The van der Waals surface area contributed by atoms with E-state index in [1.165, 1.54) is 12.8 Å². The van der Waals surface area contributed by atoms with Gasteiger partial charge >= 0.3 is 6.03 Å². The summed E-state index contributed by atoms with van der Waals surface area (Å²) in [6.45, 7) is 3.84. The predicted octanol–water partition coefficient (Wildman–Crippen LogP) is 3.43. The van der Waals surface area contributed by atoms with Crippen molar-refractivity contribution < 1.29 is 4.79 Å². The van der Waals surface area contributed by atoms with Gasteiger partial charge in [-0.05, 0) is 31.4 Å². The molecule has 0 bridgehead atoms. The number of rotatable bonds is 1. The molecule has 0 aliphatic carbocycles. The maximum absolute atomic E-state index is 12.5. The zero-order valence-corrected chi connectivity index (χ0v) is 11.4. The number of para-hydroxylation sites is 1. The van der Waals surface area contributed by atoms with Crippen LogP contribution < -0.4 is 4.90 Å². The van der Waals surface area contributed by atoms with E-state index in [2.05, 4.69) is 0 Å². The van der Waals surface area contributed by atoms with Crippen molar-refractivity contribution in [2.75, 3.05) is 25.0 Å². The summed E-state index contributed by atoms with van der Waals surface area (Å²) >= 11 is 0. The van der Waals surface area contributed by atoms with Crippen molar-refractivity contribution in [2.24, 2.45) is 0 Å². The van der Waals surface area contributed by atoms with E-state index < -0.39 is 0 Å². The minimum absolute atomic E-state index is 0.131. The molecule has 0 spiro atoms. The fraction of sp³-hybridized carbons (Fsp3) is 0.533. The number of likely N-dealkylation sites (tertiary alicyclic amines) is 1. The standard InChI is InChI=1S/C15H22N2O/c1-13-9-5-6-10-14(13)16(2)15(18)17-11-7-3-4-8-12-17/h5-6,9-10H,3-4,7-8,11-12H2,1-2H3. The van der Waals surface area contributed by atoms with Gasteiger partial charge in [-0.15, -0.1) is 0 Å². The van der Waals surface area contributed by atoms with E-state index in [9.17, 15) is 4.79 Å². The second-order valence-electron chi connectivity index (χ2n) is 5.03. The fourth-order valence-corrected chi connectivity index (χ4v) is 2.52. The first-order valence-corrected chi connectivity index (χ1v) is 6.78. The first-order chi connectivity index (χ1) is 8.70. The number of aryl methyl sites for hydroxylation is 1. The third-order valence-corrected chi connectivity index (χ3v) is 3.64. The first kappa shape index (κ1) is 12.9. The molecule has 0 N–H and O–H groups in total. The quantitative estimate of drug-likeness (QED) is 0.744. The van der Waals surface area contributed by atoms with Gasteiger partial charge in [-0.3, -0.25) is 4.90 Å². The van der Waals surface area contributed by atoms with Crippen molar-refractivity contribution in [3.8, 4) is 0 Å². The first-order valence-electron chi connectivity index (χ1n) is 6.78. The molecule has 0 radical (unpaired) electrons. The second kappa shape index (κ2) is 5.89. The van der Waals surface area contributed by atoms with Crippen LogP contribution >= 0.6 is 0 Å². The van der Waals surface area contributed by atoms with E-state index in [4.69, 9.17) is 0 Å². The Labute approximate surface area is 109 Å². The molecule has 3 heteroatoms. The summed E-state index contributed by atoms with van der Waals surface area (Å²) in [6, 6.07) is 8.16. The van der Waals surface area contributed by atoms with E-state index >= 15 is 0 Å². The third-order valence-electron chi connectivity index (χ3n) is 3.64. The van der Waals surface area contributed by atoms with Crippen LogP contribution in [0.1, 0.15) is 31.2 Å². The van der Waals surface area contributed by atoms with Gasteiger partial charge in [0.2, 0.25) is 0 Å². The SMILES string of the molecule is Cc1ccccc1N(C)C(=O)N1CCCCCC1. The molecule has 1 heterocycles. The summed E-state index contributed by atoms with van der Waals surface area (Å²) in [5.41, 5.74) is 2.15. The van der Waals surface area contributed by atoms with Crippen LogP contribution in [-0.4, -0.2) is 31.1 Å². The number of carbonyl (C=O) groups is 1. The normalized spacial score (nSPS) is 16.2. The van der Waals surface area contributed by atoms with Gasteiger partial charge in [0, 0.05) is 25.8 Å². The van der Waals surface area contributed by atoms with Gasteiger partial charge in [-0.2, -0.15) is 0 Å². The summed E-state index contributed by atoms with van der Waals surface area (Å²) in [5, 5.41) is 0. The zero-order valence-electron chi connectivity index (χ0n) is 11.4. The summed E-state index contributed by atoms with van der Waals surface area (Å²) < 4.78 is 0. The van der Waals surface area contributed by atoms with Crippen LogP contribution in [0.2, 0.25) is 0 Å². The average Bonchev–Trinajstić information content (AvgIpc) is 2.66. The van der Waals surface area contributed by atoms with Gasteiger partial charge in [0.05, 0.1) is 0 Å². The third kappa shape index (κ3) is 2.84. The highest BCUT2D eigenvalue weighted by Crippen LogP contribution is 2.20. The molecule has 1 aliphatic heterocycles. The van der Waals surface area contributed by atoms with E-state index in [1.807, 2.05) is 43.1 Å². The number of amides is 2. The van der Waals surface area contributed by atoms with Gasteiger partial charge < -0.3 is 4.90 Å². The van der Waals surface area contributed by atoms with Crippen LogP contribution in [0.3, 0.4) is 0 Å². The molecule has 1 aromatic carbocycles. The number of urea groups is 1. The maximum Gasteiger partial charge on any atom is 0.324 e. The van der Waals surface area contributed by atoms with Crippen LogP contribution in [0.4, 0.5) is 10.5 Å². The van der Waals surface area contributed by atoms with Crippen molar-refractivity contribution in [3.63, 3.8) is 0 Å². The highest BCUT2D eigenvalue weighted by molar-refractivity contribution is 5.92. The van der Waals surface area contributed by atoms with Crippen molar-refractivity contribution >= 4 is 11.7 Å². The van der Waals surface area contributed by atoms with Crippen LogP contribution in [-0.2, 0) is 0 Å². The Morgan fingerprint density at radius 2 is 1.72 bits per heavy atom. The van der Waals surface area contributed by atoms with Crippen LogP contribution in [0.25, 0.3) is 0 Å². The molecule has 1 aromatic rings. The van der Waals surface area contributed by atoms with E-state index in [1.54, 1.807) is 4.90 Å². The van der Waals surface area contributed by atoms with Crippen LogP contribution in [0, 0.1) is 6.92 Å². The molecular weight excluding hydrogens is 224 g/mol. The van der Waals surface area contributed by atoms with Crippen LogP contribution in [0.5, 0.6) is 0 Å². The summed E-state index contributed by atoms with van der Waals surface area (Å²) in [5.74, 6) is 0. The monoisotopic (exact) mass is 246 g/mol. The van der Waals surface area contributed by atoms with E-state index in [-0.39, 0.29) is 6.03 Å². The van der Waals surface area contributed by atoms with Crippen molar-refractivity contribution in [1.29, 1.82) is 0 Å². The Bertz CT molecular complexity index is 409. The predicted molar refractivity (Wildman–Crippen MR) is 75.0 cm³/mol. The molecule has 3 nitrogen and oxygen atoms in total. The molecule has 1 aliphatic rings. The van der Waals surface area contributed by atoms with Gasteiger partial charge in [-0.1, -0.05) is 31.0 Å². The molecule has 2 rings (SSSR count). The van der Waals surface area contributed by atoms with E-state index in [0.29, 0.717) is 0 Å². The number of carbonyl (C=O) groups excluding carboxylic acids is 1. The molecule has 0 aromatic heterocycles. The van der Waals surface area contributed by atoms with E-state index in [0.717, 1.165) is 37.2 Å². The summed E-state index contributed by atoms with van der Waals surface area (Å²) in [7, 11) is 1.87. The Kier molecular flexibility index (Phi) is 4.24. The highest BCUT2D eigenvalue weighted by Gasteiger charge is 2.20. The molecule has 1 saturated heterocycles. The molecule has 0 atom stereocenters. The highest BCUT2D eigenvalue weighted by atomic mass is 16.2. The zero-order chi connectivity index (χ0) is 13.0. The summed E-state index contributed by atoms with van der Waals surface area (Å²) in [6.07, 6.45) is 4.76. The molecule has 18 heavy (non-hydrogen) atoms. The number of nitrogens with zero attached hydrogens (tertiary/aromatic N) is 2. The fourth-order valence-electron chi connectivity index (χ4n) is 2.52. The van der Waals surface area contributed by atoms with Gasteiger partial charge in [-0.25, -0.2) is 4.79 Å². The average molecular weight is 246 g/mol. The molecular formula is C15H22N2O. The van der Waals surface area contributed by atoms with Crippen molar-refractivity contribution in [3.05, 3.63) is 29.8 Å². The number of hydrogen-bond donors (Lipinski definition) is 0. The molecule has 98 valence electrons. The molecule has 2 amide bonds. The number of benzene rings is 1. The lowest BCUT2D eigenvalue weighted by Crippen LogP contribution is -2.42. The van der Waals surface area contributed by atoms with Gasteiger partial charge in [0.15, 0.2) is 0 Å². The number of hydrogen-bond acceptors (Lipinski definition) is 1. The Balaban J connectivity index is 2.10. The van der Waals surface area contributed by atoms with Gasteiger partial charge in [0.25, 0.3) is 0 Å². The molecule has 1 fully saturated rings. The largest absolute Gasteiger partial charge is 0.324 e. The number of anilines is 1. The molecule has 0 unspecified atom stereocenters. The van der Waals surface area contributed by atoms with Gasteiger partial charge in [0.1, 0.15) is 0 Å². The van der Waals surface area contributed by atoms with Crippen LogP contribution in [0.15, 0.2) is 24.3 Å². The summed E-state index contributed by atoms with van der Waals surface area (Å²) in [4.78, 5) is 16.2.